The Balaban J connectivity index is 2.04. The summed E-state index contributed by atoms with van der Waals surface area (Å²) in [7, 11) is 1.64. The third kappa shape index (κ3) is 3.85. The van der Waals surface area contributed by atoms with Crippen molar-refractivity contribution in [2.75, 3.05) is 12.4 Å². The Morgan fingerprint density at radius 1 is 1.08 bits per heavy atom. The van der Waals surface area contributed by atoms with Crippen molar-refractivity contribution in [2.24, 2.45) is 5.92 Å². The van der Waals surface area contributed by atoms with Gasteiger partial charge < -0.3 is 10.1 Å². The minimum absolute atomic E-state index is 0.0451. The van der Waals surface area contributed by atoms with Gasteiger partial charge in [0.15, 0.2) is 5.13 Å². The number of benzene rings is 1. The van der Waals surface area contributed by atoms with E-state index in [0.717, 1.165) is 27.4 Å². The molecule has 0 bridgehead atoms. The van der Waals surface area contributed by atoms with E-state index in [1.165, 1.54) is 11.3 Å². The van der Waals surface area contributed by atoms with Gasteiger partial charge in [0.1, 0.15) is 5.75 Å². The molecule has 1 amide bonds. The second-order valence-electron chi connectivity index (χ2n) is 5.81. The molecule has 0 saturated heterocycles. The van der Waals surface area contributed by atoms with Crippen LogP contribution in [-0.2, 0) is 4.79 Å². The van der Waals surface area contributed by atoms with E-state index in [9.17, 15) is 4.79 Å². The van der Waals surface area contributed by atoms with Gasteiger partial charge >= 0.3 is 0 Å². The fraction of sp³-hybridized carbons (Fsp3) is 0.211. The van der Waals surface area contributed by atoms with Crippen molar-refractivity contribution >= 4 is 22.4 Å². The smallest absolute Gasteiger partial charge is 0.228 e. The molecule has 2 aromatic heterocycles. The van der Waals surface area contributed by atoms with Crippen molar-refractivity contribution in [1.82, 2.24) is 9.97 Å². The van der Waals surface area contributed by atoms with E-state index in [1.807, 2.05) is 50.2 Å². The predicted octanol–water partition coefficient (Wildman–Crippen LogP) is 4.48. The summed E-state index contributed by atoms with van der Waals surface area (Å²) in [4.78, 5) is 21.7. The van der Waals surface area contributed by atoms with Gasteiger partial charge in [-0.3, -0.25) is 9.78 Å². The Morgan fingerprint density at radius 3 is 2.36 bits per heavy atom. The Hall–Kier alpha value is -2.73. The molecule has 0 atom stereocenters. The van der Waals surface area contributed by atoms with Crippen molar-refractivity contribution in [3.63, 3.8) is 0 Å². The number of pyridine rings is 1. The molecule has 0 unspecified atom stereocenters. The monoisotopic (exact) mass is 353 g/mol. The fourth-order valence-electron chi connectivity index (χ4n) is 2.27. The number of nitrogens with zero attached hydrogens (tertiary/aromatic N) is 2. The number of amides is 1. The number of carbonyl (C=O) groups excluding carboxylic acids is 1. The first-order chi connectivity index (χ1) is 12.1. The number of ether oxygens (including phenoxy) is 1. The highest BCUT2D eigenvalue weighted by atomic mass is 32.1. The molecule has 25 heavy (non-hydrogen) atoms. The standard InChI is InChI=1S/C19H19N3O2S/c1-12(2)18(23)22-19-21-16(13-4-6-15(24-3)7-5-13)17(25-19)14-8-10-20-11-9-14/h4-12H,1-3H3,(H,21,22,23). The molecule has 6 heteroatoms. The van der Waals surface area contributed by atoms with Crippen LogP contribution in [0.4, 0.5) is 5.13 Å². The molecule has 1 aromatic carbocycles. The van der Waals surface area contributed by atoms with Crippen LogP contribution in [0.25, 0.3) is 21.7 Å². The van der Waals surface area contributed by atoms with Gasteiger partial charge in [-0.25, -0.2) is 4.98 Å². The van der Waals surface area contributed by atoms with Crippen LogP contribution in [0.2, 0.25) is 0 Å². The maximum Gasteiger partial charge on any atom is 0.228 e. The molecule has 3 aromatic rings. The van der Waals surface area contributed by atoms with Crippen molar-refractivity contribution in [1.29, 1.82) is 0 Å². The molecule has 0 fully saturated rings. The molecular weight excluding hydrogens is 334 g/mol. The summed E-state index contributed by atoms with van der Waals surface area (Å²) in [6, 6.07) is 11.6. The van der Waals surface area contributed by atoms with Crippen molar-refractivity contribution < 1.29 is 9.53 Å². The van der Waals surface area contributed by atoms with E-state index >= 15 is 0 Å². The van der Waals surface area contributed by atoms with Gasteiger partial charge in [-0.1, -0.05) is 25.2 Å². The third-order valence-corrected chi connectivity index (χ3v) is 4.71. The summed E-state index contributed by atoms with van der Waals surface area (Å²) in [5.74, 6) is 0.645. The highest BCUT2D eigenvalue weighted by molar-refractivity contribution is 7.19. The van der Waals surface area contributed by atoms with E-state index in [4.69, 9.17) is 4.74 Å². The second kappa shape index (κ2) is 7.44. The molecule has 3 rings (SSSR count). The number of carbonyl (C=O) groups is 1. The van der Waals surface area contributed by atoms with Gasteiger partial charge in [-0.15, -0.1) is 0 Å². The van der Waals surface area contributed by atoms with Crippen molar-refractivity contribution in [2.45, 2.75) is 13.8 Å². The van der Waals surface area contributed by atoms with Crippen LogP contribution in [-0.4, -0.2) is 23.0 Å². The molecular formula is C19H19N3O2S. The first-order valence-corrected chi connectivity index (χ1v) is 8.76. The molecule has 0 aliphatic carbocycles. The predicted molar refractivity (Wildman–Crippen MR) is 101 cm³/mol. The van der Waals surface area contributed by atoms with Gasteiger partial charge in [-0.2, -0.15) is 0 Å². The minimum atomic E-state index is -0.0993. The van der Waals surface area contributed by atoms with Crippen LogP contribution >= 0.6 is 11.3 Å². The van der Waals surface area contributed by atoms with Gasteiger partial charge in [-0.05, 0) is 42.0 Å². The summed E-state index contributed by atoms with van der Waals surface area (Å²) in [5, 5.41) is 3.49. The topological polar surface area (TPSA) is 64.1 Å². The zero-order valence-corrected chi connectivity index (χ0v) is 15.1. The third-order valence-electron chi connectivity index (χ3n) is 3.69. The largest absolute Gasteiger partial charge is 0.497 e. The molecule has 128 valence electrons. The lowest BCUT2D eigenvalue weighted by atomic mass is 10.1. The van der Waals surface area contributed by atoms with E-state index in [2.05, 4.69) is 15.3 Å². The normalized spacial score (nSPS) is 10.7. The highest BCUT2D eigenvalue weighted by Crippen LogP contribution is 2.39. The fourth-order valence-corrected chi connectivity index (χ4v) is 3.26. The first kappa shape index (κ1) is 17.1. The van der Waals surface area contributed by atoms with E-state index in [0.29, 0.717) is 5.13 Å². The maximum absolute atomic E-state index is 12.0. The van der Waals surface area contributed by atoms with Crippen LogP contribution in [0.15, 0.2) is 48.8 Å². The number of anilines is 1. The lowest BCUT2D eigenvalue weighted by molar-refractivity contribution is -0.118. The molecule has 0 aliphatic rings. The molecule has 5 nitrogen and oxygen atoms in total. The first-order valence-electron chi connectivity index (χ1n) is 7.95. The average molecular weight is 353 g/mol. The maximum atomic E-state index is 12.0. The van der Waals surface area contributed by atoms with Crippen LogP contribution in [0, 0.1) is 5.92 Å². The number of hydrogen-bond donors (Lipinski definition) is 1. The molecule has 0 aliphatic heterocycles. The number of aromatic nitrogens is 2. The zero-order valence-electron chi connectivity index (χ0n) is 14.3. The lowest BCUT2D eigenvalue weighted by Crippen LogP contribution is -2.17. The summed E-state index contributed by atoms with van der Waals surface area (Å²) in [5.41, 5.74) is 2.81. The van der Waals surface area contributed by atoms with Crippen molar-refractivity contribution in [3.8, 4) is 27.4 Å². The van der Waals surface area contributed by atoms with Gasteiger partial charge in [0.25, 0.3) is 0 Å². The number of hydrogen-bond acceptors (Lipinski definition) is 5. The summed E-state index contributed by atoms with van der Waals surface area (Å²) in [6.45, 7) is 3.72. The number of rotatable bonds is 5. The zero-order chi connectivity index (χ0) is 17.8. The van der Waals surface area contributed by atoms with Crippen LogP contribution < -0.4 is 10.1 Å². The Bertz CT molecular complexity index is 858. The van der Waals surface area contributed by atoms with E-state index < -0.39 is 0 Å². The highest BCUT2D eigenvalue weighted by Gasteiger charge is 2.17. The van der Waals surface area contributed by atoms with E-state index in [-0.39, 0.29) is 11.8 Å². The molecule has 0 spiro atoms. The SMILES string of the molecule is COc1ccc(-c2nc(NC(=O)C(C)C)sc2-c2ccncc2)cc1. The number of thiazole rings is 1. The van der Waals surface area contributed by atoms with Crippen molar-refractivity contribution in [3.05, 3.63) is 48.8 Å². The number of methoxy groups -OCH3 is 1. The van der Waals surface area contributed by atoms with Crippen LogP contribution in [0.1, 0.15) is 13.8 Å². The van der Waals surface area contributed by atoms with Gasteiger partial charge in [0.2, 0.25) is 5.91 Å². The second-order valence-corrected chi connectivity index (χ2v) is 6.80. The van der Waals surface area contributed by atoms with Crippen LogP contribution in [0.5, 0.6) is 5.75 Å². The summed E-state index contributed by atoms with van der Waals surface area (Å²) >= 11 is 1.46. The quantitative estimate of drug-likeness (QED) is 0.735. The summed E-state index contributed by atoms with van der Waals surface area (Å²) < 4.78 is 5.22. The van der Waals surface area contributed by atoms with Crippen LogP contribution in [0.3, 0.4) is 0 Å². The summed E-state index contributed by atoms with van der Waals surface area (Å²) in [6.07, 6.45) is 3.50. The minimum Gasteiger partial charge on any atom is -0.497 e. The van der Waals surface area contributed by atoms with E-state index in [1.54, 1.807) is 19.5 Å². The van der Waals surface area contributed by atoms with Gasteiger partial charge in [0, 0.05) is 23.9 Å². The molecule has 1 N–H and O–H groups in total. The molecule has 0 radical (unpaired) electrons. The molecule has 0 saturated carbocycles. The average Bonchev–Trinajstić information content (AvgIpc) is 3.06. The Morgan fingerprint density at radius 2 is 1.76 bits per heavy atom. The van der Waals surface area contributed by atoms with Gasteiger partial charge in [0.05, 0.1) is 17.7 Å². The molecule has 2 heterocycles. The Kier molecular flexibility index (Phi) is 5.09. The Labute approximate surface area is 150 Å². The number of nitrogens with one attached hydrogen (secondary N) is 1. The lowest BCUT2D eigenvalue weighted by Gasteiger charge is -2.04.